The van der Waals surface area contributed by atoms with Gasteiger partial charge in [0.05, 0.1) is 0 Å². The number of aryl methyl sites for hydroxylation is 1. The van der Waals surface area contributed by atoms with Gasteiger partial charge in [-0.15, -0.1) is 23.4 Å². The minimum absolute atomic E-state index is 0.232. The largest absolute Gasteiger partial charge is 0.116 e. The average molecular weight is 303 g/mol. The lowest BCUT2D eigenvalue weighted by Gasteiger charge is -2.23. The molecule has 1 aromatic rings. The standard InChI is InChI=1S/C12H11BrClS/c1-9-3-5-10(6-4-9)12(13)8-7-11(2,14)15-12/h3-8H,2H2,1H3. The third-order valence-corrected chi connectivity index (χ3v) is 5.02. The second-order valence-electron chi connectivity index (χ2n) is 3.73. The molecule has 3 heteroatoms. The van der Waals surface area contributed by atoms with Gasteiger partial charge in [0.15, 0.2) is 0 Å². The molecule has 0 amide bonds. The second-order valence-corrected chi connectivity index (χ2v) is 7.98. The molecule has 2 unspecified atom stereocenters. The van der Waals surface area contributed by atoms with Crippen molar-refractivity contribution in [3.05, 3.63) is 54.5 Å². The van der Waals surface area contributed by atoms with E-state index in [1.807, 2.05) is 6.08 Å². The Hall–Kier alpha value is 0.0800. The highest BCUT2D eigenvalue weighted by atomic mass is 79.9. The van der Waals surface area contributed by atoms with E-state index in [1.54, 1.807) is 11.8 Å². The van der Waals surface area contributed by atoms with Crippen molar-refractivity contribution in [2.45, 2.75) is 14.8 Å². The van der Waals surface area contributed by atoms with Crippen LogP contribution in [-0.4, -0.2) is 4.21 Å². The lowest BCUT2D eigenvalue weighted by Crippen LogP contribution is -2.11. The topological polar surface area (TPSA) is 0 Å². The molecule has 0 fully saturated rings. The van der Waals surface area contributed by atoms with E-state index in [4.69, 9.17) is 11.6 Å². The molecule has 1 radical (unpaired) electrons. The number of alkyl halides is 2. The highest BCUT2D eigenvalue weighted by Gasteiger charge is 2.40. The first kappa shape index (κ1) is 11.6. The van der Waals surface area contributed by atoms with Crippen LogP contribution in [0.2, 0.25) is 0 Å². The molecule has 1 heterocycles. The van der Waals surface area contributed by atoms with E-state index < -0.39 is 4.21 Å². The van der Waals surface area contributed by atoms with E-state index >= 15 is 0 Å². The fourth-order valence-electron chi connectivity index (χ4n) is 1.48. The average Bonchev–Trinajstić information content (AvgIpc) is 2.43. The molecule has 0 saturated heterocycles. The van der Waals surface area contributed by atoms with Gasteiger partial charge in [-0.25, -0.2) is 0 Å². The molecule has 0 aromatic heterocycles. The zero-order valence-electron chi connectivity index (χ0n) is 8.34. The Bertz CT molecular complexity index is 397. The molecule has 15 heavy (non-hydrogen) atoms. The maximum atomic E-state index is 6.17. The van der Waals surface area contributed by atoms with Crippen LogP contribution in [0.5, 0.6) is 0 Å². The molecular weight excluding hydrogens is 292 g/mol. The summed E-state index contributed by atoms with van der Waals surface area (Å²) in [6.07, 6.45) is 3.98. The second kappa shape index (κ2) is 3.83. The van der Waals surface area contributed by atoms with Crippen LogP contribution in [0.1, 0.15) is 11.1 Å². The highest BCUT2D eigenvalue weighted by Crippen LogP contribution is 2.56. The molecule has 2 atom stereocenters. The predicted molar refractivity (Wildman–Crippen MR) is 72.5 cm³/mol. The van der Waals surface area contributed by atoms with Crippen LogP contribution in [-0.2, 0) is 3.66 Å². The van der Waals surface area contributed by atoms with Crippen molar-refractivity contribution in [1.29, 1.82) is 0 Å². The SMILES string of the molecule is [CH2]C1(Cl)C=CC(Br)(c2ccc(C)cc2)S1. The van der Waals surface area contributed by atoms with Gasteiger partial charge in [0.2, 0.25) is 0 Å². The lowest BCUT2D eigenvalue weighted by atomic mass is 10.1. The Kier molecular flexibility index (Phi) is 2.95. The van der Waals surface area contributed by atoms with E-state index in [2.05, 4.69) is 60.1 Å². The molecular formula is C12H11BrClS. The zero-order chi connectivity index (χ0) is 11.1. The Morgan fingerprint density at radius 2 is 1.87 bits per heavy atom. The molecule has 0 bridgehead atoms. The fraction of sp³-hybridized carbons (Fsp3) is 0.250. The third-order valence-electron chi connectivity index (χ3n) is 2.31. The van der Waals surface area contributed by atoms with Crippen molar-refractivity contribution in [3.63, 3.8) is 0 Å². The Morgan fingerprint density at radius 1 is 1.27 bits per heavy atom. The quantitative estimate of drug-likeness (QED) is 0.539. The van der Waals surface area contributed by atoms with Crippen LogP contribution in [0.4, 0.5) is 0 Å². The van der Waals surface area contributed by atoms with E-state index in [0.29, 0.717) is 0 Å². The van der Waals surface area contributed by atoms with Gasteiger partial charge in [-0.1, -0.05) is 57.9 Å². The summed E-state index contributed by atoms with van der Waals surface area (Å²) in [5.41, 5.74) is 2.45. The van der Waals surface area contributed by atoms with Crippen LogP contribution in [0.3, 0.4) is 0 Å². The molecule has 0 aliphatic carbocycles. The van der Waals surface area contributed by atoms with Gasteiger partial charge in [-0.3, -0.25) is 0 Å². The Labute approximate surface area is 108 Å². The van der Waals surface area contributed by atoms with Crippen molar-refractivity contribution in [3.8, 4) is 0 Å². The van der Waals surface area contributed by atoms with Crippen LogP contribution in [0.15, 0.2) is 36.4 Å². The molecule has 79 valence electrons. The number of hydrogen-bond acceptors (Lipinski definition) is 1. The van der Waals surface area contributed by atoms with Crippen LogP contribution < -0.4 is 0 Å². The Balaban J connectivity index is 2.33. The van der Waals surface area contributed by atoms with Crippen LogP contribution in [0, 0.1) is 13.8 Å². The fourth-order valence-corrected chi connectivity index (χ4v) is 4.47. The molecule has 1 aromatic carbocycles. The van der Waals surface area contributed by atoms with Gasteiger partial charge in [0, 0.05) is 0 Å². The monoisotopic (exact) mass is 301 g/mol. The summed E-state index contributed by atoms with van der Waals surface area (Å²) >= 11 is 11.5. The summed E-state index contributed by atoms with van der Waals surface area (Å²) in [5, 5.41) is 0. The molecule has 2 rings (SSSR count). The highest BCUT2D eigenvalue weighted by molar-refractivity contribution is 9.11. The maximum Gasteiger partial charge on any atom is 0.116 e. The third kappa shape index (κ3) is 2.43. The van der Waals surface area contributed by atoms with Crippen molar-refractivity contribution in [2.75, 3.05) is 0 Å². The summed E-state index contributed by atoms with van der Waals surface area (Å²) in [6.45, 7) is 6.00. The maximum absolute atomic E-state index is 6.17. The molecule has 0 saturated carbocycles. The first-order chi connectivity index (χ1) is 6.91. The van der Waals surface area contributed by atoms with Crippen LogP contribution in [0.25, 0.3) is 0 Å². The van der Waals surface area contributed by atoms with E-state index in [0.717, 1.165) is 0 Å². The normalized spacial score (nSPS) is 34.7. The van der Waals surface area contributed by atoms with Gasteiger partial charge in [0.25, 0.3) is 0 Å². The lowest BCUT2D eigenvalue weighted by molar-refractivity contribution is 1.17. The summed E-state index contributed by atoms with van der Waals surface area (Å²) < 4.78 is -0.793. The summed E-state index contributed by atoms with van der Waals surface area (Å²) in [4.78, 5) is 0. The molecule has 1 aliphatic heterocycles. The van der Waals surface area contributed by atoms with Gasteiger partial charge >= 0.3 is 0 Å². The molecule has 0 N–H and O–H groups in total. The number of benzene rings is 1. The smallest absolute Gasteiger partial charge is 0.107 e. The first-order valence-electron chi connectivity index (χ1n) is 4.62. The number of halogens is 2. The molecule has 0 nitrogen and oxygen atoms in total. The van der Waals surface area contributed by atoms with Gasteiger partial charge < -0.3 is 0 Å². The van der Waals surface area contributed by atoms with Crippen LogP contribution >= 0.6 is 39.3 Å². The van der Waals surface area contributed by atoms with E-state index in [-0.39, 0.29) is 3.66 Å². The minimum atomic E-state index is -0.561. The molecule has 0 spiro atoms. The van der Waals surface area contributed by atoms with Gasteiger partial charge in [-0.05, 0) is 19.4 Å². The van der Waals surface area contributed by atoms with Crippen molar-refractivity contribution in [1.82, 2.24) is 0 Å². The number of thioether (sulfide) groups is 1. The van der Waals surface area contributed by atoms with Crippen molar-refractivity contribution in [2.24, 2.45) is 0 Å². The molecule has 1 aliphatic rings. The zero-order valence-corrected chi connectivity index (χ0v) is 11.5. The number of hydrogen-bond donors (Lipinski definition) is 0. The van der Waals surface area contributed by atoms with E-state index in [1.165, 1.54) is 11.1 Å². The first-order valence-corrected chi connectivity index (χ1v) is 6.61. The number of rotatable bonds is 1. The Morgan fingerprint density at radius 3 is 2.33 bits per heavy atom. The van der Waals surface area contributed by atoms with Gasteiger partial charge in [0.1, 0.15) is 7.86 Å². The van der Waals surface area contributed by atoms with Crippen molar-refractivity contribution < 1.29 is 0 Å². The summed E-state index contributed by atoms with van der Waals surface area (Å²) in [7, 11) is 0. The predicted octanol–water partition coefficient (Wildman–Crippen LogP) is 4.61. The van der Waals surface area contributed by atoms with Crippen molar-refractivity contribution >= 4 is 39.3 Å². The minimum Gasteiger partial charge on any atom is -0.107 e. The summed E-state index contributed by atoms with van der Waals surface area (Å²) in [6, 6.07) is 8.42. The van der Waals surface area contributed by atoms with E-state index in [9.17, 15) is 0 Å². The van der Waals surface area contributed by atoms with Gasteiger partial charge in [-0.2, -0.15) is 0 Å². The summed E-state index contributed by atoms with van der Waals surface area (Å²) in [5.74, 6) is 0.